The average molecular weight is 354 g/mol. The van der Waals surface area contributed by atoms with Crippen LogP contribution in [0.15, 0.2) is 12.1 Å². The van der Waals surface area contributed by atoms with Gasteiger partial charge in [0.05, 0.1) is 11.9 Å². The third-order valence-electron chi connectivity index (χ3n) is 3.05. The Hall–Kier alpha value is -0.260. The molecule has 0 N–H and O–H groups in total. The van der Waals surface area contributed by atoms with Gasteiger partial charge < -0.3 is 4.74 Å². The Kier molecular flexibility index (Phi) is 4.24. The number of hydrogen-bond donors (Lipinski definition) is 0. The molecule has 1 aromatic carbocycles. The molecule has 18 heavy (non-hydrogen) atoms. The van der Waals surface area contributed by atoms with Gasteiger partial charge in [-0.1, -0.05) is 27.5 Å². The number of hydrogen-bond acceptors (Lipinski definition) is 3. The Morgan fingerprint density at radius 1 is 1.50 bits per heavy atom. The van der Waals surface area contributed by atoms with Crippen molar-refractivity contribution in [2.45, 2.75) is 23.4 Å². The van der Waals surface area contributed by atoms with Crippen molar-refractivity contribution in [3.05, 3.63) is 28.3 Å². The van der Waals surface area contributed by atoms with Gasteiger partial charge in [-0.2, -0.15) is 0 Å². The number of benzene rings is 1. The van der Waals surface area contributed by atoms with Gasteiger partial charge in [0, 0.05) is 22.2 Å². The van der Waals surface area contributed by atoms with E-state index >= 15 is 0 Å². The summed E-state index contributed by atoms with van der Waals surface area (Å²) in [5, 5.41) is 0.695. The molecule has 0 spiro atoms. The molecule has 1 unspecified atom stereocenters. The summed E-state index contributed by atoms with van der Waals surface area (Å²) in [4.78, 5) is 0. The lowest BCUT2D eigenvalue weighted by atomic mass is 10.0. The van der Waals surface area contributed by atoms with Gasteiger partial charge in [-0.05, 0) is 30.5 Å². The standard InChI is InChI=1S/C12H14BrClO3S/c1-18(15,16)12-3-2-4-17-11-6-10(14)8(7-13)5-9(11)12/h5-6,12H,2-4,7H2,1H3. The first-order valence-electron chi connectivity index (χ1n) is 5.63. The van der Waals surface area contributed by atoms with Crippen molar-refractivity contribution in [3.63, 3.8) is 0 Å². The van der Waals surface area contributed by atoms with E-state index in [2.05, 4.69) is 15.9 Å². The molecule has 1 aromatic rings. The van der Waals surface area contributed by atoms with E-state index in [1.54, 1.807) is 6.07 Å². The normalized spacial score (nSPS) is 19.8. The molecule has 3 nitrogen and oxygen atoms in total. The molecule has 1 aliphatic heterocycles. The Morgan fingerprint density at radius 3 is 2.83 bits per heavy atom. The molecule has 0 fully saturated rings. The molecule has 0 amide bonds. The van der Waals surface area contributed by atoms with Gasteiger partial charge in [0.15, 0.2) is 9.84 Å². The average Bonchev–Trinajstić information content (AvgIpc) is 2.48. The van der Waals surface area contributed by atoms with Gasteiger partial charge in [0.2, 0.25) is 0 Å². The summed E-state index contributed by atoms with van der Waals surface area (Å²) in [5.74, 6) is 0.595. The Labute approximate surface area is 121 Å². The minimum atomic E-state index is -3.14. The highest BCUT2D eigenvalue weighted by atomic mass is 79.9. The number of rotatable bonds is 2. The first-order chi connectivity index (χ1) is 8.43. The van der Waals surface area contributed by atoms with Crippen molar-refractivity contribution in [2.24, 2.45) is 0 Å². The fraction of sp³-hybridized carbons (Fsp3) is 0.500. The first-order valence-corrected chi connectivity index (χ1v) is 9.09. The number of fused-ring (bicyclic) bond motifs is 1. The maximum absolute atomic E-state index is 11.9. The molecule has 1 atom stereocenters. The van der Waals surface area contributed by atoms with Crippen LogP contribution in [-0.4, -0.2) is 21.3 Å². The van der Waals surface area contributed by atoms with Crippen molar-refractivity contribution in [1.29, 1.82) is 0 Å². The molecule has 1 heterocycles. The van der Waals surface area contributed by atoms with Crippen molar-refractivity contribution in [1.82, 2.24) is 0 Å². The molecule has 6 heteroatoms. The number of ether oxygens (including phenoxy) is 1. The van der Waals surface area contributed by atoms with Gasteiger partial charge in [-0.3, -0.25) is 0 Å². The molecule has 2 rings (SSSR count). The maximum atomic E-state index is 11.9. The molecule has 100 valence electrons. The van der Waals surface area contributed by atoms with Crippen molar-refractivity contribution in [3.8, 4) is 5.75 Å². The Morgan fingerprint density at radius 2 is 2.22 bits per heavy atom. The van der Waals surface area contributed by atoms with Crippen LogP contribution in [0.25, 0.3) is 0 Å². The van der Waals surface area contributed by atoms with E-state index in [1.807, 2.05) is 6.07 Å². The molecule has 0 bridgehead atoms. The van der Waals surface area contributed by atoms with Gasteiger partial charge in [-0.15, -0.1) is 0 Å². The summed E-state index contributed by atoms with van der Waals surface area (Å²) in [6, 6.07) is 3.56. The molecule has 0 radical (unpaired) electrons. The largest absolute Gasteiger partial charge is 0.493 e. The quantitative estimate of drug-likeness (QED) is 0.764. The van der Waals surface area contributed by atoms with Crippen molar-refractivity contribution in [2.75, 3.05) is 12.9 Å². The predicted octanol–water partition coefficient (Wildman–Crippen LogP) is 3.49. The van der Waals surface area contributed by atoms with Gasteiger partial charge in [-0.25, -0.2) is 8.42 Å². The fourth-order valence-electron chi connectivity index (χ4n) is 2.15. The third-order valence-corrected chi connectivity index (χ3v) is 5.53. The van der Waals surface area contributed by atoms with Gasteiger partial charge in [0.25, 0.3) is 0 Å². The molecule has 0 aromatic heterocycles. The SMILES string of the molecule is CS(=O)(=O)C1CCCOc2cc(Cl)c(CBr)cc21. The zero-order chi connectivity index (χ0) is 13.3. The van der Waals surface area contributed by atoms with Crippen LogP contribution in [0.1, 0.15) is 29.2 Å². The van der Waals surface area contributed by atoms with E-state index in [9.17, 15) is 8.42 Å². The van der Waals surface area contributed by atoms with E-state index in [0.717, 1.165) is 17.5 Å². The van der Waals surface area contributed by atoms with Crippen LogP contribution in [0.2, 0.25) is 5.02 Å². The molecular weight excluding hydrogens is 340 g/mol. The van der Waals surface area contributed by atoms with Crippen LogP contribution < -0.4 is 4.74 Å². The number of alkyl halides is 1. The summed E-state index contributed by atoms with van der Waals surface area (Å²) in [7, 11) is -3.14. The second-order valence-corrected chi connectivity index (χ2v) is 7.62. The maximum Gasteiger partial charge on any atom is 0.154 e. The topological polar surface area (TPSA) is 43.4 Å². The van der Waals surface area contributed by atoms with Crippen LogP contribution in [0.3, 0.4) is 0 Å². The zero-order valence-corrected chi connectivity index (χ0v) is 13.1. The molecule has 0 aliphatic carbocycles. The van der Waals surface area contributed by atoms with Crippen LogP contribution in [0.5, 0.6) is 5.75 Å². The fourth-order valence-corrected chi connectivity index (χ4v) is 4.24. The van der Waals surface area contributed by atoms with Crippen LogP contribution in [0, 0.1) is 0 Å². The van der Waals surface area contributed by atoms with E-state index in [4.69, 9.17) is 16.3 Å². The zero-order valence-electron chi connectivity index (χ0n) is 9.95. The summed E-state index contributed by atoms with van der Waals surface area (Å²) >= 11 is 9.47. The van der Waals surface area contributed by atoms with Crippen LogP contribution in [0.4, 0.5) is 0 Å². The van der Waals surface area contributed by atoms with E-state index in [1.165, 1.54) is 6.26 Å². The molecular formula is C12H14BrClO3S. The first kappa shape index (κ1) is 14.2. The van der Waals surface area contributed by atoms with E-state index < -0.39 is 15.1 Å². The lowest BCUT2D eigenvalue weighted by Gasteiger charge is -2.16. The minimum absolute atomic E-state index is 0.495. The highest BCUT2D eigenvalue weighted by Crippen LogP contribution is 2.39. The molecule has 0 saturated heterocycles. The van der Waals surface area contributed by atoms with Gasteiger partial charge in [0.1, 0.15) is 5.75 Å². The Balaban J connectivity index is 2.59. The summed E-state index contributed by atoms with van der Waals surface area (Å²) < 4.78 is 29.4. The third kappa shape index (κ3) is 2.83. The summed E-state index contributed by atoms with van der Waals surface area (Å²) in [5.41, 5.74) is 1.61. The van der Waals surface area contributed by atoms with Crippen LogP contribution >= 0.6 is 27.5 Å². The lowest BCUT2D eigenvalue weighted by Crippen LogP contribution is -2.11. The van der Waals surface area contributed by atoms with E-state index in [-0.39, 0.29) is 0 Å². The lowest BCUT2D eigenvalue weighted by molar-refractivity contribution is 0.316. The van der Waals surface area contributed by atoms with Crippen molar-refractivity contribution < 1.29 is 13.2 Å². The minimum Gasteiger partial charge on any atom is -0.493 e. The number of sulfone groups is 1. The Bertz CT molecular complexity index is 557. The number of halogens is 2. The van der Waals surface area contributed by atoms with Crippen LogP contribution in [-0.2, 0) is 15.2 Å². The van der Waals surface area contributed by atoms with Gasteiger partial charge >= 0.3 is 0 Å². The molecule has 0 saturated carbocycles. The summed E-state index contributed by atoms with van der Waals surface area (Å²) in [6.07, 6.45) is 2.60. The highest BCUT2D eigenvalue weighted by Gasteiger charge is 2.28. The predicted molar refractivity (Wildman–Crippen MR) is 76.4 cm³/mol. The van der Waals surface area contributed by atoms with E-state index in [0.29, 0.717) is 29.1 Å². The smallest absolute Gasteiger partial charge is 0.154 e. The molecule has 1 aliphatic rings. The monoisotopic (exact) mass is 352 g/mol. The second kappa shape index (κ2) is 5.39. The highest BCUT2D eigenvalue weighted by molar-refractivity contribution is 9.08. The summed E-state index contributed by atoms with van der Waals surface area (Å²) in [6.45, 7) is 0.531. The van der Waals surface area contributed by atoms with Crippen molar-refractivity contribution >= 4 is 37.4 Å². The second-order valence-electron chi connectivity index (χ2n) is 4.42.